The van der Waals surface area contributed by atoms with Gasteiger partial charge in [0.05, 0.1) is 4.90 Å². The summed E-state index contributed by atoms with van der Waals surface area (Å²) in [6.45, 7) is 0. The third-order valence-corrected chi connectivity index (χ3v) is 4.27. The first-order chi connectivity index (χ1) is 9.41. The van der Waals surface area contributed by atoms with Crippen molar-refractivity contribution in [3.8, 4) is 0 Å². The molecule has 2 aromatic rings. The fourth-order valence-electron chi connectivity index (χ4n) is 1.30. The Balaban J connectivity index is 2.18. The lowest BCUT2D eigenvalue weighted by Crippen LogP contribution is -2.14. The molecule has 1 aromatic carbocycles. The molecule has 2 rings (SSSR count). The van der Waals surface area contributed by atoms with Gasteiger partial charge in [-0.15, -0.1) is 10.2 Å². The van der Waals surface area contributed by atoms with Gasteiger partial charge in [-0.1, -0.05) is 11.3 Å². The zero-order valence-electron chi connectivity index (χ0n) is 9.66. The van der Waals surface area contributed by atoms with Crippen LogP contribution >= 0.6 is 11.3 Å². The highest BCUT2D eigenvalue weighted by atomic mass is 32.2. The molecule has 0 aliphatic carbocycles. The Morgan fingerprint density at radius 3 is 2.40 bits per heavy atom. The lowest BCUT2D eigenvalue weighted by atomic mass is 10.2. The van der Waals surface area contributed by atoms with Crippen LogP contribution in [0.25, 0.3) is 0 Å². The normalized spacial score (nSPS) is 11.6. The van der Waals surface area contributed by atoms with Crippen molar-refractivity contribution in [1.29, 1.82) is 0 Å². The summed E-state index contributed by atoms with van der Waals surface area (Å²) in [6.07, 6.45) is 0. The third kappa shape index (κ3) is 2.96. The molecule has 0 bridgehead atoms. The van der Waals surface area contributed by atoms with Crippen LogP contribution in [0, 0.1) is 0 Å². The average molecular weight is 319 g/mol. The van der Waals surface area contributed by atoms with E-state index in [-0.39, 0.29) is 10.7 Å². The van der Waals surface area contributed by atoms with Gasteiger partial charge in [0, 0.05) is 5.56 Å². The first kappa shape index (κ1) is 14.5. The second kappa shape index (κ2) is 5.59. The molecule has 0 saturated heterocycles. The fourth-order valence-corrected chi connectivity index (χ4v) is 2.46. The van der Waals surface area contributed by atoms with E-state index in [1.54, 1.807) is 0 Å². The molecule has 0 fully saturated rings. The van der Waals surface area contributed by atoms with Gasteiger partial charge < -0.3 is 0 Å². The molecule has 0 aliphatic rings. The molecular weight excluding hydrogens is 312 g/mol. The topological polar surface area (TPSA) is 89.0 Å². The Morgan fingerprint density at radius 2 is 1.90 bits per heavy atom. The number of halogens is 2. The number of nitrogens with one attached hydrogen (secondary N) is 1. The van der Waals surface area contributed by atoms with Crippen molar-refractivity contribution >= 4 is 32.2 Å². The minimum absolute atomic E-state index is 0.119. The molecule has 0 unspecified atom stereocenters. The first-order valence-corrected chi connectivity index (χ1v) is 7.53. The van der Waals surface area contributed by atoms with Gasteiger partial charge in [-0.2, -0.15) is 8.78 Å². The number of sulfone groups is 1. The number of carbonyl (C=O) groups is 1. The number of hydrogen-bond acceptors (Lipinski definition) is 6. The zero-order valence-corrected chi connectivity index (χ0v) is 11.3. The average Bonchev–Trinajstić information content (AvgIpc) is 2.91. The summed E-state index contributed by atoms with van der Waals surface area (Å²) in [6, 6.07) is 4.20. The number of hydrogen-bond donors (Lipinski definition) is 1. The highest BCUT2D eigenvalue weighted by molar-refractivity contribution is 7.91. The highest BCUT2D eigenvalue weighted by Gasteiger charge is 2.26. The van der Waals surface area contributed by atoms with Crippen molar-refractivity contribution in [2.24, 2.45) is 0 Å². The van der Waals surface area contributed by atoms with Crippen LogP contribution in [0.15, 0.2) is 34.7 Å². The first-order valence-electron chi connectivity index (χ1n) is 5.11. The summed E-state index contributed by atoms with van der Waals surface area (Å²) in [7, 11) is -4.65. The minimum atomic E-state index is -4.65. The van der Waals surface area contributed by atoms with E-state index in [0.717, 1.165) is 35.6 Å². The SMILES string of the molecule is O=C(Nc1nncs1)c1ccc(S(=O)(=O)C(F)F)cc1. The molecule has 1 amide bonds. The Hall–Kier alpha value is -1.94. The molecule has 0 radical (unpaired) electrons. The number of aromatic nitrogens is 2. The maximum Gasteiger partial charge on any atom is 0.341 e. The maximum atomic E-state index is 12.3. The van der Waals surface area contributed by atoms with Crippen LogP contribution in [-0.4, -0.2) is 30.3 Å². The summed E-state index contributed by atoms with van der Waals surface area (Å²) >= 11 is 1.11. The van der Waals surface area contributed by atoms with E-state index in [4.69, 9.17) is 0 Å². The maximum absolute atomic E-state index is 12.3. The van der Waals surface area contributed by atoms with Crippen molar-refractivity contribution in [2.75, 3.05) is 5.32 Å². The summed E-state index contributed by atoms with van der Waals surface area (Å²) < 4.78 is 47.1. The predicted molar refractivity (Wildman–Crippen MR) is 67.5 cm³/mol. The van der Waals surface area contributed by atoms with E-state index < -0.39 is 26.4 Å². The van der Waals surface area contributed by atoms with E-state index in [0.29, 0.717) is 0 Å². The molecule has 0 saturated carbocycles. The summed E-state index contributed by atoms with van der Waals surface area (Å²) in [5.41, 5.74) is 1.54. The number of carbonyl (C=O) groups excluding carboxylic acids is 1. The summed E-state index contributed by atoms with van der Waals surface area (Å²) in [5, 5.41) is 9.83. The third-order valence-electron chi connectivity index (χ3n) is 2.26. The van der Waals surface area contributed by atoms with Gasteiger partial charge in [-0.05, 0) is 24.3 Å². The molecule has 1 heterocycles. The summed E-state index contributed by atoms with van der Waals surface area (Å²) in [5.74, 6) is -4.04. The lowest BCUT2D eigenvalue weighted by Gasteiger charge is -2.04. The molecule has 1 aromatic heterocycles. The molecule has 1 N–H and O–H groups in total. The smallest absolute Gasteiger partial charge is 0.296 e. The van der Waals surface area contributed by atoms with Gasteiger partial charge in [-0.3, -0.25) is 10.1 Å². The Bertz CT molecular complexity index is 700. The van der Waals surface area contributed by atoms with Gasteiger partial charge in [0.1, 0.15) is 5.51 Å². The molecule has 0 atom stereocenters. The quantitative estimate of drug-likeness (QED) is 0.928. The van der Waals surface area contributed by atoms with Crippen molar-refractivity contribution in [2.45, 2.75) is 10.7 Å². The number of alkyl halides is 2. The molecule has 6 nitrogen and oxygen atoms in total. The van der Waals surface area contributed by atoms with Crippen molar-refractivity contribution in [3.63, 3.8) is 0 Å². The number of amides is 1. The Labute approximate surface area is 116 Å². The van der Waals surface area contributed by atoms with Crippen LogP contribution in [-0.2, 0) is 9.84 Å². The highest BCUT2D eigenvalue weighted by Crippen LogP contribution is 2.19. The van der Waals surface area contributed by atoms with Gasteiger partial charge in [0.2, 0.25) is 15.0 Å². The molecule has 20 heavy (non-hydrogen) atoms. The zero-order chi connectivity index (χ0) is 14.8. The van der Waals surface area contributed by atoms with Crippen molar-refractivity contribution in [3.05, 3.63) is 35.3 Å². The number of rotatable bonds is 4. The van der Waals surface area contributed by atoms with Crippen LogP contribution in [0.4, 0.5) is 13.9 Å². The van der Waals surface area contributed by atoms with E-state index in [2.05, 4.69) is 15.5 Å². The van der Waals surface area contributed by atoms with Crippen LogP contribution in [0.3, 0.4) is 0 Å². The predicted octanol–water partition coefficient (Wildman–Crippen LogP) is 1.79. The molecule has 106 valence electrons. The number of benzene rings is 1. The number of anilines is 1. The molecule has 0 spiro atoms. The second-order valence-corrected chi connectivity index (χ2v) is 6.28. The fraction of sp³-hybridized carbons (Fsp3) is 0.100. The lowest BCUT2D eigenvalue weighted by molar-refractivity contribution is 0.102. The van der Waals surface area contributed by atoms with Gasteiger partial charge in [0.25, 0.3) is 5.91 Å². The molecular formula is C10H7F2N3O3S2. The van der Waals surface area contributed by atoms with Crippen LogP contribution in [0.2, 0.25) is 0 Å². The Kier molecular flexibility index (Phi) is 4.04. The van der Waals surface area contributed by atoms with Gasteiger partial charge in [-0.25, -0.2) is 8.42 Å². The minimum Gasteiger partial charge on any atom is -0.296 e. The van der Waals surface area contributed by atoms with E-state index >= 15 is 0 Å². The van der Waals surface area contributed by atoms with E-state index in [1.807, 2.05) is 0 Å². The van der Waals surface area contributed by atoms with Crippen molar-refractivity contribution < 1.29 is 22.0 Å². The van der Waals surface area contributed by atoms with Crippen LogP contribution in [0.1, 0.15) is 10.4 Å². The molecule has 0 aliphatic heterocycles. The van der Waals surface area contributed by atoms with Crippen LogP contribution in [0.5, 0.6) is 0 Å². The second-order valence-electron chi connectivity index (χ2n) is 3.53. The van der Waals surface area contributed by atoms with E-state index in [1.165, 1.54) is 5.51 Å². The monoisotopic (exact) mass is 319 g/mol. The standard InChI is InChI=1S/C10H7F2N3O3S2/c11-9(12)20(17,18)7-3-1-6(2-4-7)8(16)14-10-15-13-5-19-10/h1-5,9H,(H,14,15,16). The van der Waals surface area contributed by atoms with E-state index in [9.17, 15) is 22.0 Å². The van der Waals surface area contributed by atoms with Crippen LogP contribution < -0.4 is 5.32 Å². The van der Waals surface area contributed by atoms with Gasteiger partial charge in [0.15, 0.2) is 0 Å². The Morgan fingerprint density at radius 1 is 1.25 bits per heavy atom. The van der Waals surface area contributed by atoms with Crippen molar-refractivity contribution in [1.82, 2.24) is 10.2 Å². The number of nitrogens with zero attached hydrogens (tertiary/aromatic N) is 2. The largest absolute Gasteiger partial charge is 0.341 e. The summed E-state index contributed by atoms with van der Waals surface area (Å²) in [4.78, 5) is 11.2. The van der Waals surface area contributed by atoms with Gasteiger partial charge >= 0.3 is 5.76 Å². The molecule has 10 heteroatoms.